The number of esters is 1. The molecule has 1 atom stereocenters. The molecule has 88 valence electrons. The van der Waals surface area contributed by atoms with E-state index in [2.05, 4.69) is 6.58 Å². The van der Waals surface area contributed by atoms with Gasteiger partial charge in [-0.1, -0.05) is 6.08 Å². The van der Waals surface area contributed by atoms with Crippen molar-refractivity contribution in [2.24, 2.45) is 5.41 Å². The van der Waals surface area contributed by atoms with Gasteiger partial charge in [0.05, 0.1) is 13.7 Å². The van der Waals surface area contributed by atoms with E-state index in [0.29, 0.717) is 5.76 Å². The highest BCUT2D eigenvalue weighted by molar-refractivity contribution is 6.11. The van der Waals surface area contributed by atoms with E-state index in [9.17, 15) is 9.59 Å². The smallest absolute Gasteiger partial charge is 0.320 e. The average Bonchev–Trinajstić information content (AvgIpc) is 2.58. The van der Waals surface area contributed by atoms with Gasteiger partial charge in [-0.3, -0.25) is 9.59 Å². The maximum atomic E-state index is 11.9. The topological polar surface area (TPSA) is 52.6 Å². The van der Waals surface area contributed by atoms with Gasteiger partial charge in [0.15, 0.2) is 5.78 Å². The van der Waals surface area contributed by atoms with Crippen molar-refractivity contribution in [3.8, 4) is 0 Å². The largest absolute Gasteiger partial charge is 0.501 e. The second-order valence-electron chi connectivity index (χ2n) is 3.65. The molecular formula is C12H16O4. The van der Waals surface area contributed by atoms with Crippen molar-refractivity contribution in [2.75, 3.05) is 13.7 Å². The Morgan fingerprint density at radius 2 is 2.38 bits per heavy atom. The van der Waals surface area contributed by atoms with Gasteiger partial charge < -0.3 is 9.47 Å². The summed E-state index contributed by atoms with van der Waals surface area (Å²) in [5.41, 5.74) is -1.15. The Kier molecular flexibility index (Phi) is 3.88. The number of carbonyl (C=O) groups is 2. The Balaban J connectivity index is 2.96. The quantitative estimate of drug-likeness (QED) is 0.404. The lowest BCUT2D eigenvalue weighted by Gasteiger charge is -2.23. The van der Waals surface area contributed by atoms with Crippen molar-refractivity contribution in [3.63, 3.8) is 0 Å². The number of ether oxygens (including phenoxy) is 2. The van der Waals surface area contributed by atoms with Crippen molar-refractivity contribution in [1.29, 1.82) is 0 Å². The van der Waals surface area contributed by atoms with Crippen LogP contribution in [-0.2, 0) is 19.1 Å². The lowest BCUT2D eigenvalue weighted by Crippen LogP contribution is -2.37. The first-order chi connectivity index (χ1) is 7.60. The molecule has 4 heteroatoms. The molecule has 0 bridgehead atoms. The van der Waals surface area contributed by atoms with Gasteiger partial charge in [0, 0.05) is 12.5 Å². The zero-order chi connectivity index (χ0) is 12.2. The van der Waals surface area contributed by atoms with Crippen LogP contribution in [0.5, 0.6) is 0 Å². The van der Waals surface area contributed by atoms with E-state index in [4.69, 9.17) is 9.47 Å². The van der Waals surface area contributed by atoms with Crippen molar-refractivity contribution in [1.82, 2.24) is 0 Å². The average molecular weight is 224 g/mol. The zero-order valence-electron chi connectivity index (χ0n) is 9.62. The van der Waals surface area contributed by atoms with Crippen molar-refractivity contribution < 1.29 is 19.1 Å². The van der Waals surface area contributed by atoms with Crippen LogP contribution in [0.25, 0.3) is 0 Å². The fourth-order valence-electron chi connectivity index (χ4n) is 1.80. The van der Waals surface area contributed by atoms with Gasteiger partial charge in [-0.2, -0.15) is 0 Å². The predicted molar refractivity (Wildman–Crippen MR) is 58.6 cm³/mol. The maximum absolute atomic E-state index is 11.9. The number of rotatable bonds is 5. The molecule has 0 aromatic heterocycles. The minimum absolute atomic E-state index is 0.257. The summed E-state index contributed by atoms with van der Waals surface area (Å²) < 4.78 is 9.96. The van der Waals surface area contributed by atoms with Crippen molar-refractivity contribution in [3.05, 3.63) is 24.5 Å². The van der Waals surface area contributed by atoms with E-state index in [-0.39, 0.29) is 25.2 Å². The van der Waals surface area contributed by atoms with Crippen LogP contribution in [0.2, 0.25) is 0 Å². The Morgan fingerprint density at radius 3 is 2.81 bits per heavy atom. The molecule has 4 nitrogen and oxygen atoms in total. The number of hydrogen-bond donors (Lipinski definition) is 0. The van der Waals surface area contributed by atoms with E-state index in [1.807, 2.05) is 0 Å². The zero-order valence-corrected chi connectivity index (χ0v) is 9.62. The van der Waals surface area contributed by atoms with Gasteiger partial charge in [-0.25, -0.2) is 0 Å². The molecule has 16 heavy (non-hydrogen) atoms. The molecule has 0 heterocycles. The molecule has 0 radical (unpaired) electrons. The normalized spacial score (nSPS) is 23.9. The third-order valence-corrected chi connectivity index (χ3v) is 2.66. The number of hydrogen-bond acceptors (Lipinski definition) is 4. The van der Waals surface area contributed by atoms with Crippen LogP contribution in [0, 0.1) is 5.41 Å². The molecule has 0 spiro atoms. The molecule has 1 aliphatic carbocycles. The van der Waals surface area contributed by atoms with Gasteiger partial charge in [0.1, 0.15) is 11.2 Å². The highest BCUT2D eigenvalue weighted by Gasteiger charge is 2.49. The number of ketones is 1. The third-order valence-electron chi connectivity index (χ3n) is 2.66. The summed E-state index contributed by atoms with van der Waals surface area (Å²) in [6.45, 7) is 5.54. The molecule has 0 fully saturated rings. The Hall–Kier alpha value is -1.58. The van der Waals surface area contributed by atoms with E-state index in [1.165, 1.54) is 13.2 Å². The first-order valence-electron chi connectivity index (χ1n) is 5.18. The molecule has 0 N–H and O–H groups in total. The molecule has 0 saturated heterocycles. The van der Waals surface area contributed by atoms with Crippen LogP contribution in [0.1, 0.15) is 19.8 Å². The van der Waals surface area contributed by atoms with Gasteiger partial charge in [-0.15, -0.1) is 6.58 Å². The van der Waals surface area contributed by atoms with Gasteiger partial charge in [0.2, 0.25) is 0 Å². The molecule has 0 aromatic rings. The maximum Gasteiger partial charge on any atom is 0.320 e. The van der Waals surface area contributed by atoms with Gasteiger partial charge >= 0.3 is 5.97 Å². The summed E-state index contributed by atoms with van der Waals surface area (Å²) in [4.78, 5) is 23.7. The summed E-state index contributed by atoms with van der Waals surface area (Å²) in [6, 6.07) is 0. The van der Waals surface area contributed by atoms with Crippen LogP contribution < -0.4 is 0 Å². The third kappa shape index (κ3) is 2.01. The molecule has 0 aliphatic heterocycles. The van der Waals surface area contributed by atoms with E-state index < -0.39 is 11.4 Å². The number of methoxy groups -OCH3 is 1. The molecule has 1 aliphatic rings. The van der Waals surface area contributed by atoms with Crippen molar-refractivity contribution in [2.45, 2.75) is 19.8 Å². The predicted octanol–water partition coefficient (Wildman–Crippen LogP) is 1.62. The summed E-state index contributed by atoms with van der Waals surface area (Å²) in [5.74, 6) is -0.245. The van der Waals surface area contributed by atoms with E-state index in [1.54, 1.807) is 13.0 Å². The van der Waals surface area contributed by atoms with Crippen LogP contribution in [0.4, 0.5) is 0 Å². The standard InChI is InChI=1S/C12H16O4/c1-4-6-12(11(14)16-5-2)8-9(15-3)7-10(12)13/h4,7H,1,5-6,8H2,2-3H3. The number of allylic oxidation sites excluding steroid dienone is 3. The van der Waals surface area contributed by atoms with Crippen LogP contribution >= 0.6 is 0 Å². The second-order valence-corrected chi connectivity index (χ2v) is 3.65. The molecule has 0 saturated carbocycles. The SMILES string of the molecule is C=CCC1(C(=O)OCC)CC(OC)=CC1=O. The molecule has 0 amide bonds. The molecular weight excluding hydrogens is 208 g/mol. The Labute approximate surface area is 94.9 Å². The summed E-state index contributed by atoms with van der Waals surface area (Å²) >= 11 is 0. The molecule has 1 rings (SSSR count). The first-order valence-corrected chi connectivity index (χ1v) is 5.18. The second kappa shape index (κ2) is 4.96. The Bertz CT molecular complexity index is 343. The summed E-state index contributed by atoms with van der Waals surface area (Å²) in [7, 11) is 1.48. The fourth-order valence-corrected chi connectivity index (χ4v) is 1.80. The Morgan fingerprint density at radius 1 is 1.69 bits per heavy atom. The van der Waals surface area contributed by atoms with Crippen LogP contribution in [0.15, 0.2) is 24.5 Å². The fraction of sp³-hybridized carbons (Fsp3) is 0.500. The molecule has 0 aromatic carbocycles. The molecule has 1 unspecified atom stereocenters. The lowest BCUT2D eigenvalue weighted by molar-refractivity contribution is -0.158. The van der Waals surface area contributed by atoms with E-state index in [0.717, 1.165) is 0 Å². The monoisotopic (exact) mass is 224 g/mol. The highest BCUT2D eigenvalue weighted by atomic mass is 16.5. The first kappa shape index (κ1) is 12.5. The minimum atomic E-state index is -1.15. The van der Waals surface area contributed by atoms with Crippen molar-refractivity contribution >= 4 is 11.8 Å². The lowest BCUT2D eigenvalue weighted by atomic mass is 9.81. The van der Waals surface area contributed by atoms with Gasteiger partial charge in [0.25, 0.3) is 0 Å². The van der Waals surface area contributed by atoms with Crippen LogP contribution in [-0.4, -0.2) is 25.5 Å². The highest BCUT2D eigenvalue weighted by Crippen LogP contribution is 2.39. The van der Waals surface area contributed by atoms with E-state index >= 15 is 0 Å². The number of carbonyl (C=O) groups excluding carboxylic acids is 2. The summed E-state index contributed by atoms with van der Waals surface area (Å²) in [5, 5.41) is 0. The van der Waals surface area contributed by atoms with Gasteiger partial charge in [-0.05, 0) is 13.3 Å². The summed E-state index contributed by atoms with van der Waals surface area (Å²) in [6.07, 6.45) is 3.45. The van der Waals surface area contributed by atoms with Crippen LogP contribution in [0.3, 0.4) is 0 Å². The minimum Gasteiger partial charge on any atom is -0.501 e.